The predicted octanol–water partition coefficient (Wildman–Crippen LogP) is 27.4. The van der Waals surface area contributed by atoms with Crippen LogP contribution in [0, 0.1) is 0 Å². The summed E-state index contributed by atoms with van der Waals surface area (Å²) in [5.74, 6) is 4.21. The molecule has 0 spiro atoms. The Morgan fingerprint density at radius 2 is 0.328 bits per heavy atom. The van der Waals surface area contributed by atoms with Crippen molar-refractivity contribution in [3.8, 4) is 51.7 Å². The molecule has 137 heavy (non-hydrogen) atoms. The largest absolute Gasteiger partial charge is 0.488 e. The first-order valence-corrected chi connectivity index (χ1v) is 74.5. The molecule has 0 bridgehead atoms. The van der Waals surface area contributed by atoms with Crippen molar-refractivity contribution < 1.29 is 45.8 Å². The number of halogens is 12. The molecule has 0 saturated carbocycles. The normalized spacial score (nSPS) is 12.9. The van der Waals surface area contributed by atoms with Gasteiger partial charge in [-0.1, -0.05) is 0 Å². The van der Waals surface area contributed by atoms with Gasteiger partial charge in [0.05, 0.1) is 63.0 Å². The standard InChI is InChI=1S/C79H87Cl12N19O9P9S9/c1-101(120(80,81)129)92-53-65-17-35-74(36-18-65)114-126(135,115-75-37-19-66(20-38-75)54-93-102(2)121(82,83)130)107(7)98-59-62-11-29-71(30-12-62)111-50-47-110(10,48-51-112-72-31-13-63(14-32-72)60-99-108(8)127(136,116-76-39-21-67(22-40-76)55-94-103(3)122(84,85)131)117-77-41-23-68(24-42-77)56-95-104(4)123(86,87)132)49-52-113-73-33-15-64(16-34-73)61-100-109(9)128(137,118-78-43-25-69(26-44-78)57-96-105(5)124(88,89)133)119-79-45-27-70(28-46-79)58-97-106(6)125(90,91)134/h11-46,53-61H,47-52H2,1-10H3/q+1/b92-53+,93-54+,94-55+,95-56+,96-57+,97-58+,98-59+,99-60+,100-61+. The Morgan fingerprint density at radius 1 is 0.212 bits per heavy atom. The number of quaternary nitrogens is 1. The van der Waals surface area contributed by atoms with E-state index in [2.05, 4.69) is 37.7 Å². The summed E-state index contributed by atoms with van der Waals surface area (Å²) in [6.45, 7) is -8.02. The van der Waals surface area contributed by atoms with Crippen molar-refractivity contribution in [2.24, 2.45) is 45.9 Å². The van der Waals surface area contributed by atoms with E-state index >= 15 is 0 Å². The third-order valence-electron chi connectivity index (χ3n) is 18.4. The Balaban J connectivity index is 0.912. The van der Waals surface area contributed by atoms with Crippen LogP contribution < -0.4 is 41.4 Å². The average Bonchev–Trinajstić information content (AvgIpc) is 0.811. The zero-order chi connectivity index (χ0) is 100. The van der Waals surface area contributed by atoms with E-state index in [-0.39, 0.29) is 0 Å². The highest BCUT2D eigenvalue weighted by Crippen LogP contribution is 2.64. The van der Waals surface area contributed by atoms with E-state index in [0.29, 0.717) is 129 Å². The zero-order valence-corrected chi connectivity index (χ0v) is 98.1. The van der Waals surface area contributed by atoms with E-state index < -0.39 is 49.3 Å². The molecular weight excluding hydrogens is 2350 g/mol. The van der Waals surface area contributed by atoms with Crippen LogP contribution in [0.2, 0.25) is 0 Å². The minimum atomic E-state index is -3.52. The van der Waals surface area contributed by atoms with Gasteiger partial charge in [0, 0.05) is 98.8 Å². The van der Waals surface area contributed by atoms with E-state index in [1.165, 1.54) is 43.0 Å². The van der Waals surface area contributed by atoms with Gasteiger partial charge in [0.25, 0.3) is 0 Å². The van der Waals surface area contributed by atoms with Crippen molar-refractivity contribution in [3.63, 3.8) is 0 Å². The molecule has 9 aromatic carbocycles. The molecule has 58 heteroatoms. The molecule has 734 valence electrons. The van der Waals surface area contributed by atoms with Gasteiger partial charge in [-0.25, -0.2) is 43.0 Å². The smallest absolute Gasteiger partial charge is 0.410 e. The maximum Gasteiger partial charge on any atom is 0.410 e. The summed E-state index contributed by atoms with van der Waals surface area (Å²) < 4.78 is 71.6. The van der Waals surface area contributed by atoms with Gasteiger partial charge in [0.1, 0.15) is 91.2 Å². The highest BCUT2D eigenvalue weighted by atomic mass is 35.9. The summed E-state index contributed by atoms with van der Waals surface area (Å²) in [6, 6.07) is 64.4. The molecule has 0 radical (unpaired) electrons. The summed E-state index contributed by atoms with van der Waals surface area (Å²) in [5.41, 5.74) is 6.41. The molecule has 0 fully saturated rings. The number of nitrogens with zero attached hydrogens (tertiary/aromatic N) is 19. The van der Waals surface area contributed by atoms with Crippen LogP contribution in [0.4, 0.5) is 0 Å². The molecule has 0 N–H and O–H groups in total. The third-order valence-corrected chi connectivity index (χ3v) is 43.7. The van der Waals surface area contributed by atoms with Crippen LogP contribution in [-0.4, -0.2) is 213 Å². The maximum atomic E-state index is 6.53. The van der Waals surface area contributed by atoms with E-state index in [9.17, 15) is 0 Å². The van der Waals surface area contributed by atoms with E-state index in [1.54, 1.807) is 265 Å². The van der Waals surface area contributed by atoms with Crippen LogP contribution in [0.5, 0.6) is 51.7 Å². The van der Waals surface area contributed by atoms with Crippen molar-refractivity contribution in [1.82, 2.24) is 43.0 Å². The Hall–Kier alpha value is -4.30. The molecule has 0 aliphatic rings. The lowest BCUT2D eigenvalue weighted by Crippen LogP contribution is -2.51. The predicted molar refractivity (Wildman–Crippen MR) is 616 cm³/mol. The highest BCUT2D eigenvalue weighted by Gasteiger charge is 2.33. The fourth-order valence-electron chi connectivity index (χ4n) is 10.2. The Labute approximate surface area is 901 Å². The van der Waals surface area contributed by atoms with Gasteiger partial charge in [-0.15, -0.1) is 0 Å². The minimum absolute atomic E-state index is 0.307. The molecule has 0 saturated heterocycles. The fourth-order valence-corrected chi connectivity index (χ4v) is 19.0. The Morgan fingerprint density at radius 3 is 0.453 bits per heavy atom. The molecule has 0 heterocycles. The van der Waals surface area contributed by atoms with Crippen LogP contribution in [0.1, 0.15) is 50.1 Å². The van der Waals surface area contributed by atoms with Gasteiger partial charge in [-0.05, 0) is 474 Å². The summed E-state index contributed by atoms with van der Waals surface area (Å²) in [6.07, 6.45) is 14.4. The zero-order valence-electron chi connectivity index (χ0n) is 73.6. The van der Waals surface area contributed by atoms with Crippen LogP contribution in [0.3, 0.4) is 0 Å². The molecule has 0 aliphatic heterocycles. The number of benzene rings is 9. The molecule has 28 nitrogen and oxygen atoms in total. The lowest BCUT2D eigenvalue weighted by atomic mass is 10.2. The quantitative estimate of drug-likeness (QED) is 0.0149. The summed E-state index contributed by atoms with van der Waals surface area (Å²) >= 11 is 124. The molecule has 0 amide bonds. The number of hydrogen-bond acceptors (Lipinski definition) is 27. The van der Waals surface area contributed by atoms with Gasteiger partial charge < -0.3 is 45.8 Å². The minimum Gasteiger partial charge on any atom is -0.488 e. The van der Waals surface area contributed by atoms with Crippen molar-refractivity contribution in [2.45, 2.75) is 0 Å². The number of hydrazone groups is 9. The van der Waals surface area contributed by atoms with E-state index in [1.807, 2.05) is 72.8 Å². The lowest BCUT2D eigenvalue weighted by Gasteiger charge is -2.34. The fraction of sp³-hybridized carbons (Fsp3) is 0.203. The number of hydrogen-bond donors (Lipinski definition) is 0. The second-order valence-corrected chi connectivity index (χ2v) is 84.6. The number of ether oxygens (including phenoxy) is 3. The first-order chi connectivity index (χ1) is 64.2. The number of rotatable bonds is 51. The molecule has 0 aliphatic carbocycles. The monoisotopic (exact) mass is 2430 g/mol. The van der Waals surface area contributed by atoms with Gasteiger partial charge in [-0.3, -0.25) is 0 Å². The van der Waals surface area contributed by atoms with Crippen LogP contribution >= 0.6 is 184 Å². The van der Waals surface area contributed by atoms with Crippen molar-refractivity contribution in [2.75, 3.05) is 110 Å². The molecular formula is C79H87Cl12N19O9P9S9+. The van der Waals surface area contributed by atoms with Crippen LogP contribution in [-0.2, 0) is 106 Å². The van der Waals surface area contributed by atoms with E-state index in [4.69, 9.17) is 298 Å². The lowest BCUT2D eigenvalue weighted by molar-refractivity contribution is -0.909. The van der Waals surface area contributed by atoms with Crippen molar-refractivity contribution >= 4 is 346 Å². The Kier molecular flexibility index (Phi) is 45.1. The van der Waals surface area contributed by atoms with E-state index in [0.717, 1.165) is 16.7 Å². The summed E-state index contributed by atoms with van der Waals surface area (Å²) in [4.78, 5) is -17.0. The maximum absolute atomic E-state index is 6.53. The molecule has 9 rings (SSSR count). The summed E-state index contributed by atoms with van der Waals surface area (Å²) in [5, 5.41) is 40.0. The molecule has 0 aromatic heterocycles. The van der Waals surface area contributed by atoms with Crippen LogP contribution in [0.15, 0.2) is 264 Å². The first kappa shape index (κ1) is 116. The summed E-state index contributed by atoms with van der Waals surface area (Å²) in [7, 11) is 16.8. The number of likely N-dealkylation sites (N-methyl/N-ethyl adjacent to an activating group) is 1. The first-order valence-electron chi connectivity index (χ1n) is 39.3. The van der Waals surface area contributed by atoms with Gasteiger partial charge in [-0.2, -0.15) is 45.9 Å². The second kappa shape index (κ2) is 53.2. The molecule has 0 unspecified atom stereocenters. The third kappa shape index (κ3) is 39.9. The topological polar surface area (TPSA) is 223 Å². The Bertz CT molecular complexity index is 5460. The molecule has 9 aromatic rings. The second-order valence-electron chi connectivity index (χ2n) is 28.6. The molecule has 0 atom stereocenters. The SMILES string of the molecule is CN(/N=C/c1ccc(OP(=S)(Oc2ccc(/C=N/N(C)P(=S)(Cl)Cl)cc2)N(C)/N=C/c2ccc(OCC[N+](C)(CCOc3ccc(/C=N/N(C)P(=S)(Oc4ccc(/C=N/N(C)P(=S)(Cl)Cl)cc4)Oc4ccc(/C=N/N(C)P(=S)(Cl)Cl)cc4)cc3)CCOc3ccc(/C=N/N(C)P(=S)(Oc4ccc(/C=N/N(C)P(=S)(Cl)Cl)cc4)Oc4ccc(/C=N/N(C)P(=S)(Cl)Cl)cc4)cc3)cc2)cc1)P(=S)(Cl)Cl. The van der Waals surface area contributed by atoms with Gasteiger partial charge in [0.2, 0.25) is 29.4 Å². The van der Waals surface area contributed by atoms with Crippen LogP contribution in [0.25, 0.3) is 0 Å². The average molecular weight is 2440 g/mol. The van der Waals surface area contributed by atoms with Gasteiger partial charge in [0.15, 0.2) is 0 Å². The van der Waals surface area contributed by atoms with Gasteiger partial charge >= 0.3 is 19.9 Å². The van der Waals surface area contributed by atoms with Crippen molar-refractivity contribution in [3.05, 3.63) is 268 Å². The van der Waals surface area contributed by atoms with Crippen molar-refractivity contribution in [1.29, 1.82) is 0 Å². The highest BCUT2D eigenvalue weighted by molar-refractivity contribution is 8.40.